The number of ether oxygens (including phenoxy) is 3. The number of aliphatic hydroxyl groups excluding tert-OH is 1. The molecule has 0 saturated carbocycles. The van der Waals surface area contributed by atoms with E-state index >= 15 is 0 Å². The number of benzene rings is 2. The van der Waals surface area contributed by atoms with Gasteiger partial charge in [-0.3, -0.25) is 4.90 Å². The maximum Gasteiger partial charge on any atom is 0.120 e. The van der Waals surface area contributed by atoms with Crippen LogP contribution < -0.4 is 9.47 Å². The Kier molecular flexibility index (Phi) is 6.42. The molecule has 36 heavy (non-hydrogen) atoms. The smallest absolute Gasteiger partial charge is 0.120 e. The van der Waals surface area contributed by atoms with E-state index in [2.05, 4.69) is 45.1 Å². The highest BCUT2D eigenvalue weighted by molar-refractivity contribution is 5.88. The number of aromatic amines is 1. The molecule has 2 saturated heterocycles. The minimum Gasteiger partial charge on any atom is -0.497 e. The molecule has 0 aliphatic carbocycles. The van der Waals surface area contributed by atoms with Gasteiger partial charge in [0.15, 0.2) is 0 Å². The van der Waals surface area contributed by atoms with Gasteiger partial charge < -0.3 is 29.2 Å². The molecule has 2 aromatic carbocycles. The Labute approximate surface area is 212 Å². The van der Waals surface area contributed by atoms with E-state index in [1.54, 1.807) is 14.2 Å². The largest absolute Gasteiger partial charge is 0.497 e. The lowest BCUT2D eigenvalue weighted by Crippen LogP contribution is -2.66. The quantitative estimate of drug-likeness (QED) is 0.525. The Bertz CT molecular complexity index is 1210. The Morgan fingerprint density at radius 3 is 2.56 bits per heavy atom. The van der Waals surface area contributed by atoms with Crippen LogP contribution in [-0.2, 0) is 16.7 Å². The van der Waals surface area contributed by atoms with E-state index in [1.807, 2.05) is 12.1 Å². The van der Waals surface area contributed by atoms with Gasteiger partial charge in [0, 0.05) is 74.0 Å². The standard InChI is InChI=1S/C29H37N3O4/c1-34-22-5-3-4-21(12-22)15-32-19-29(17-31(18-29)14-20-8-10-36-11-9-20)27-24-7-6-23(35-2)13-25(24)30-28(27)26(32)16-33/h3-7,12-13,20,26,30,33H,8-11,14-19H2,1-2H3/t26-/m0/s1. The van der Waals surface area contributed by atoms with Gasteiger partial charge in [-0.1, -0.05) is 12.1 Å². The topological polar surface area (TPSA) is 70.2 Å². The number of aromatic nitrogens is 1. The van der Waals surface area contributed by atoms with Crippen LogP contribution in [0.25, 0.3) is 10.9 Å². The fraction of sp³-hybridized carbons (Fsp3) is 0.517. The number of likely N-dealkylation sites (tertiary alicyclic amines) is 1. The number of aliphatic hydroxyl groups is 1. The van der Waals surface area contributed by atoms with Crippen LogP contribution in [-0.4, -0.2) is 80.1 Å². The zero-order valence-electron chi connectivity index (χ0n) is 21.3. The predicted octanol–water partition coefficient (Wildman–Crippen LogP) is 3.71. The Morgan fingerprint density at radius 2 is 1.81 bits per heavy atom. The summed E-state index contributed by atoms with van der Waals surface area (Å²) in [6, 6.07) is 14.5. The number of H-pyrrole nitrogens is 1. The van der Waals surface area contributed by atoms with Gasteiger partial charge in [0.25, 0.3) is 0 Å². The molecule has 3 aliphatic rings. The van der Waals surface area contributed by atoms with Crippen molar-refractivity contribution in [1.82, 2.24) is 14.8 Å². The van der Waals surface area contributed by atoms with E-state index in [0.717, 1.165) is 87.4 Å². The summed E-state index contributed by atoms with van der Waals surface area (Å²) < 4.78 is 16.6. The van der Waals surface area contributed by atoms with Gasteiger partial charge in [-0.15, -0.1) is 0 Å². The van der Waals surface area contributed by atoms with Crippen LogP contribution in [0.3, 0.4) is 0 Å². The van der Waals surface area contributed by atoms with Gasteiger partial charge in [-0.05, 0) is 54.2 Å². The summed E-state index contributed by atoms with van der Waals surface area (Å²) in [7, 11) is 3.41. The van der Waals surface area contributed by atoms with Gasteiger partial charge in [0.2, 0.25) is 0 Å². The number of nitrogens with one attached hydrogen (secondary N) is 1. The normalized spacial score (nSPS) is 22.5. The van der Waals surface area contributed by atoms with E-state index in [0.29, 0.717) is 0 Å². The van der Waals surface area contributed by atoms with Gasteiger partial charge in [0.05, 0.1) is 26.9 Å². The van der Waals surface area contributed by atoms with Crippen molar-refractivity contribution in [1.29, 1.82) is 0 Å². The second-order valence-electron chi connectivity index (χ2n) is 10.8. The molecule has 6 rings (SSSR count). The summed E-state index contributed by atoms with van der Waals surface area (Å²) in [4.78, 5) is 8.79. The molecule has 4 heterocycles. The molecule has 2 fully saturated rings. The first kappa shape index (κ1) is 23.8. The number of methoxy groups -OCH3 is 2. The van der Waals surface area contributed by atoms with Crippen molar-refractivity contribution in [2.75, 3.05) is 60.2 Å². The van der Waals surface area contributed by atoms with E-state index in [4.69, 9.17) is 14.2 Å². The van der Waals surface area contributed by atoms with E-state index in [9.17, 15) is 5.11 Å². The Morgan fingerprint density at radius 1 is 1.03 bits per heavy atom. The molecule has 0 radical (unpaired) electrons. The molecule has 1 atom stereocenters. The molecule has 0 bridgehead atoms. The van der Waals surface area contributed by atoms with Crippen molar-refractivity contribution in [2.24, 2.45) is 5.92 Å². The third-order valence-electron chi connectivity index (χ3n) is 8.45. The molecule has 0 unspecified atom stereocenters. The van der Waals surface area contributed by atoms with Gasteiger partial charge in [0.1, 0.15) is 11.5 Å². The number of hydrogen-bond acceptors (Lipinski definition) is 6. The first-order chi connectivity index (χ1) is 17.6. The second kappa shape index (κ2) is 9.71. The average Bonchev–Trinajstić information content (AvgIpc) is 3.27. The van der Waals surface area contributed by atoms with Crippen LogP contribution in [0.1, 0.15) is 35.7 Å². The van der Waals surface area contributed by atoms with Crippen molar-refractivity contribution in [3.05, 3.63) is 59.3 Å². The molecule has 7 nitrogen and oxygen atoms in total. The third-order valence-corrected chi connectivity index (χ3v) is 8.45. The summed E-state index contributed by atoms with van der Waals surface area (Å²) in [6.07, 6.45) is 2.33. The number of hydrogen-bond donors (Lipinski definition) is 2. The summed E-state index contributed by atoms with van der Waals surface area (Å²) in [6.45, 7) is 6.79. The number of fused-ring (bicyclic) bond motifs is 4. The van der Waals surface area contributed by atoms with Crippen LogP contribution in [0, 0.1) is 5.92 Å². The Balaban J connectivity index is 1.35. The zero-order chi connectivity index (χ0) is 24.7. The van der Waals surface area contributed by atoms with Crippen LogP contribution in [0.15, 0.2) is 42.5 Å². The summed E-state index contributed by atoms with van der Waals surface area (Å²) >= 11 is 0. The van der Waals surface area contributed by atoms with Crippen molar-refractivity contribution in [3.63, 3.8) is 0 Å². The summed E-state index contributed by atoms with van der Waals surface area (Å²) in [5.41, 5.74) is 4.87. The lowest BCUT2D eigenvalue weighted by molar-refractivity contribution is -0.0258. The number of rotatable bonds is 7. The fourth-order valence-corrected chi connectivity index (χ4v) is 6.78. The molecule has 1 aromatic heterocycles. The van der Waals surface area contributed by atoms with Crippen molar-refractivity contribution < 1.29 is 19.3 Å². The highest BCUT2D eigenvalue weighted by Gasteiger charge is 2.52. The fourth-order valence-electron chi connectivity index (χ4n) is 6.78. The molecular formula is C29H37N3O4. The molecular weight excluding hydrogens is 454 g/mol. The molecule has 1 spiro atoms. The van der Waals surface area contributed by atoms with E-state index in [1.165, 1.54) is 16.5 Å². The summed E-state index contributed by atoms with van der Waals surface area (Å²) in [5.74, 6) is 2.44. The number of nitrogens with zero attached hydrogens (tertiary/aromatic N) is 2. The minimum absolute atomic E-state index is 0.0396. The predicted molar refractivity (Wildman–Crippen MR) is 140 cm³/mol. The first-order valence-electron chi connectivity index (χ1n) is 13.1. The second-order valence-corrected chi connectivity index (χ2v) is 10.8. The van der Waals surface area contributed by atoms with Crippen LogP contribution in [0.2, 0.25) is 0 Å². The van der Waals surface area contributed by atoms with Crippen molar-refractivity contribution >= 4 is 10.9 Å². The highest BCUT2D eigenvalue weighted by atomic mass is 16.5. The van der Waals surface area contributed by atoms with Gasteiger partial charge >= 0.3 is 0 Å². The van der Waals surface area contributed by atoms with Crippen molar-refractivity contribution in [2.45, 2.75) is 30.8 Å². The van der Waals surface area contributed by atoms with E-state index in [-0.39, 0.29) is 18.1 Å². The first-order valence-corrected chi connectivity index (χ1v) is 13.1. The molecule has 0 amide bonds. The van der Waals surface area contributed by atoms with Crippen LogP contribution >= 0.6 is 0 Å². The highest BCUT2D eigenvalue weighted by Crippen LogP contribution is 2.49. The maximum absolute atomic E-state index is 10.6. The zero-order valence-corrected chi connectivity index (χ0v) is 21.3. The average molecular weight is 492 g/mol. The SMILES string of the molecule is COc1cccc(CN2CC3(CN(CC4CCOCC4)C3)c3c([nH]c4cc(OC)ccc34)[C@@H]2CO)c1. The van der Waals surface area contributed by atoms with E-state index < -0.39 is 0 Å². The maximum atomic E-state index is 10.6. The van der Waals surface area contributed by atoms with Crippen LogP contribution in [0.4, 0.5) is 0 Å². The molecule has 2 N–H and O–H groups in total. The summed E-state index contributed by atoms with van der Waals surface area (Å²) in [5, 5.41) is 11.9. The van der Waals surface area contributed by atoms with Gasteiger partial charge in [-0.2, -0.15) is 0 Å². The van der Waals surface area contributed by atoms with Crippen molar-refractivity contribution in [3.8, 4) is 11.5 Å². The Hall–Kier alpha value is -2.58. The molecule has 3 aromatic rings. The molecule has 3 aliphatic heterocycles. The van der Waals surface area contributed by atoms with Gasteiger partial charge in [-0.25, -0.2) is 0 Å². The minimum atomic E-state index is -0.0836. The third kappa shape index (κ3) is 4.18. The molecule has 192 valence electrons. The van der Waals surface area contributed by atoms with Crippen LogP contribution in [0.5, 0.6) is 11.5 Å². The molecule has 7 heteroatoms. The lowest BCUT2D eigenvalue weighted by atomic mass is 9.68. The lowest BCUT2D eigenvalue weighted by Gasteiger charge is -2.57. The monoisotopic (exact) mass is 491 g/mol.